The van der Waals surface area contributed by atoms with Crippen molar-refractivity contribution in [3.05, 3.63) is 47.9 Å². The molecular weight excluding hydrogens is 240 g/mol. The van der Waals surface area contributed by atoms with Crippen molar-refractivity contribution in [1.82, 2.24) is 14.8 Å². The Morgan fingerprint density at radius 2 is 2.26 bits per heavy atom. The molecule has 0 saturated heterocycles. The van der Waals surface area contributed by atoms with E-state index in [4.69, 9.17) is 5.73 Å². The molecule has 0 aliphatic carbocycles. The van der Waals surface area contributed by atoms with Gasteiger partial charge < -0.3 is 10.7 Å². The quantitative estimate of drug-likeness (QED) is 0.735. The molecule has 0 amide bonds. The summed E-state index contributed by atoms with van der Waals surface area (Å²) in [7, 11) is 0. The predicted octanol–water partition coefficient (Wildman–Crippen LogP) is 2.14. The Hall–Kier alpha value is -2.56. The number of nitrogens with one attached hydrogen (secondary N) is 1. The lowest BCUT2D eigenvalue weighted by molar-refractivity contribution is 0.0898. The summed E-state index contributed by atoms with van der Waals surface area (Å²) in [4.78, 5) is 15.2. The number of aryl methyl sites for hydroxylation is 1. The minimum absolute atomic E-state index is 0.0919. The Morgan fingerprint density at radius 1 is 1.42 bits per heavy atom. The molecule has 5 nitrogen and oxygen atoms in total. The molecule has 0 radical (unpaired) electrons. The van der Waals surface area contributed by atoms with Gasteiger partial charge in [-0.2, -0.15) is 5.10 Å². The van der Waals surface area contributed by atoms with Crippen LogP contribution in [0.25, 0.3) is 10.9 Å². The van der Waals surface area contributed by atoms with Gasteiger partial charge in [-0.25, -0.2) is 4.68 Å². The third-order valence-corrected chi connectivity index (χ3v) is 3.17. The van der Waals surface area contributed by atoms with Gasteiger partial charge in [0.15, 0.2) is 0 Å². The third-order valence-electron chi connectivity index (χ3n) is 3.17. The van der Waals surface area contributed by atoms with E-state index in [1.807, 2.05) is 30.5 Å². The zero-order chi connectivity index (χ0) is 13.4. The molecule has 0 fully saturated rings. The van der Waals surface area contributed by atoms with Crippen molar-refractivity contribution in [3.8, 4) is 0 Å². The topological polar surface area (TPSA) is 76.7 Å². The van der Waals surface area contributed by atoms with Gasteiger partial charge in [0.2, 0.25) is 0 Å². The van der Waals surface area contributed by atoms with Crippen molar-refractivity contribution in [3.63, 3.8) is 0 Å². The second-order valence-electron chi connectivity index (χ2n) is 4.58. The molecule has 3 rings (SSSR count). The summed E-state index contributed by atoms with van der Waals surface area (Å²) in [6.07, 6.45) is 3.74. The lowest BCUT2D eigenvalue weighted by Gasteiger charge is -2.01. The van der Waals surface area contributed by atoms with Crippen LogP contribution in [-0.4, -0.2) is 20.7 Å². The minimum Gasteiger partial charge on any atom is -0.396 e. The molecule has 0 bridgehead atoms. The van der Waals surface area contributed by atoms with Crippen LogP contribution < -0.4 is 5.73 Å². The molecule has 0 atom stereocenters. The molecule has 0 saturated carbocycles. The molecule has 3 aromatic rings. The molecule has 3 N–H and O–H groups in total. The van der Waals surface area contributed by atoms with Gasteiger partial charge in [0.1, 0.15) is 0 Å². The van der Waals surface area contributed by atoms with E-state index < -0.39 is 0 Å². The Bertz CT molecular complexity index is 734. The second-order valence-corrected chi connectivity index (χ2v) is 4.58. The number of benzene rings is 1. The van der Waals surface area contributed by atoms with E-state index in [1.54, 1.807) is 13.1 Å². The third kappa shape index (κ3) is 2.10. The van der Waals surface area contributed by atoms with Crippen LogP contribution >= 0.6 is 0 Å². The monoisotopic (exact) mass is 254 g/mol. The van der Waals surface area contributed by atoms with Crippen LogP contribution in [0.5, 0.6) is 0 Å². The van der Waals surface area contributed by atoms with E-state index in [9.17, 15) is 4.79 Å². The molecule has 19 heavy (non-hydrogen) atoms. The number of aromatic amines is 1. The zero-order valence-corrected chi connectivity index (χ0v) is 10.6. The predicted molar refractivity (Wildman–Crippen MR) is 74.0 cm³/mol. The summed E-state index contributed by atoms with van der Waals surface area (Å²) in [6, 6.07) is 7.93. The summed E-state index contributed by atoms with van der Waals surface area (Å²) in [5.74, 6) is -0.0919. The average molecular weight is 254 g/mol. The number of aromatic nitrogens is 3. The lowest BCUT2D eigenvalue weighted by atomic mass is 10.1. The maximum absolute atomic E-state index is 12.1. The maximum atomic E-state index is 12.1. The second kappa shape index (κ2) is 4.28. The highest BCUT2D eigenvalue weighted by Crippen LogP contribution is 2.15. The van der Waals surface area contributed by atoms with Crippen LogP contribution in [0.2, 0.25) is 0 Å². The van der Waals surface area contributed by atoms with Crippen LogP contribution in [0.1, 0.15) is 16.1 Å². The Kier molecular flexibility index (Phi) is 2.59. The van der Waals surface area contributed by atoms with Crippen molar-refractivity contribution >= 4 is 22.5 Å². The maximum Gasteiger partial charge on any atom is 0.251 e. The van der Waals surface area contributed by atoms with Gasteiger partial charge in [-0.15, -0.1) is 0 Å². The standard InChI is InChI=1S/C14H14N4O/c1-9-12(15)8-18(17-9)14(19)7-10-2-3-11-4-5-16-13(11)6-10/h2-6,8,16H,7,15H2,1H3. The summed E-state index contributed by atoms with van der Waals surface area (Å²) in [6.45, 7) is 1.78. The van der Waals surface area contributed by atoms with Crippen LogP contribution in [0.4, 0.5) is 5.69 Å². The van der Waals surface area contributed by atoms with Crippen molar-refractivity contribution in [1.29, 1.82) is 0 Å². The van der Waals surface area contributed by atoms with Crippen LogP contribution in [0, 0.1) is 6.92 Å². The molecular formula is C14H14N4O. The van der Waals surface area contributed by atoms with Gasteiger partial charge in [-0.3, -0.25) is 4.79 Å². The first kappa shape index (κ1) is 11.5. The van der Waals surface area contributed by atoms with Gasteiger partial charge >= 0.3 is 0 Å². The SMILES string of the molecule is Cc1nn(C(=O)Cc2ccc3cc[nH]c3c2)cc1N. The van der Waals surface area contributed by atoms with Crippen molar-refractivity contribution in [2.45, 2.75) is 13.3 Å². The average Bonchev–Trinajstić information content (AvgIpc) is 2.96. The van der Waals surface area contributed by atoms with E-state index in [0.29, 0.717) is 17.8 Å². The number of carbonyl (C=O) groups excluding carboxylic acids is 1. The highest BCUT2D eigenvalue weighted by atomic mass is 16.2. The number of fused-ring (bicyclic) bond motifs is 1. The number of nitrogen functional groups attached to an aromatic ring is 1. The fourth-order valence-corrected chi connectivity index (χ4v) is 2.06. The normalized spacial score (nSPS) is 11.0. The van der Waals surface area contributed by atoms with E-state index in [-0.39, 0.29) is 5.91 Å². The lowest BCUT2D eigenvalue weighted by Crippen LogP contribution is -2.14. The van der Waals surface area contributed by atoms with Gasteiger partial charge in [-0.05, 0) is 30.0 Å². The van der Waals surface area contributed by atoms with Crippen molar-refractivity contribution in [2.24, 2.45) is 0 Å². The number of anilines is 1. The molecule has 96 valence electrons. The Morgan fingerprint density at radius 3 is 3.00 bits per heavy atom. The number of hydrogen-bond acceptors (Lipinski definition) is 3. The van der Waals surface area contributed by atoms with Crippen LogP contribution in [0.15, 0.2) is 36.7 Å². The Balaban J connectivity index is 1.85. The minimum atomic E-state index is -0.0919. The van der Waals surface area contributed by atoms with Gasteiger partial charge in [-0.1, -0.05) is 12.1 Å². The molecule has 0 aliphatic rings. The van der Waals surface area contributed by atoms with Gasteiger partial charge in [0.05, 0.1) is 24.0 Å². The molecule has 0 spiro atoms. The summed E-state index contributed by atoms with van der Waals surface area (Å²) < 4.78 is 1.31. The van der Waals surface area contributed by atoms with Crippen molar-refractivity contribution in [2.75, 3.05) is 5.73 Å². The largest absolute Gasteiger partial charge is 0.396 e. The molecule has 2 heterocycles. The first-order valence-electron chi connectivity index (χ1n) is 6.04. The highest BCUT2D eigenvalue weighted by Gasteiger charge is 2.10. The van der Waals surface area contributed by atoms with E-state index in [1.165, 1.54) is 4.68 Å². The Labute approximate surface area is 110 Å². The van der Waals surface area contributed by atoms with Gasteiger partial charge in [0, 0.05) is 11.7 Å². The van der Waals surface area contributed by atoms with Crippen LogP contribution in [0.3, 0.4) is 0 Å². The number of nitrogens with zero attached hydrogens (tertiary/aromatic N) is 2. The molecule has 0 aliphatic heterocycles. The number of rotatable bonds is 2. The fraction of sp³-hybridized carbons (Fsp3) is 0.143. The summed E-state index contributed by atoms with van der Waals surface area (Å²) in [5, 5.41) is 5.23. The fourth-order valence-electron chi connectivity index (χ4n) is 2.06. The molecule has 5 heteroatoms. The molecule has 0 unspecified atom stereocenters. The van der Waals surface area contributed by atoms with E-state index in [2.05, 4.69) is 10.1 Å². The number of H-pyrrole nitrogens is 1. The number of nitrogens with two attached hydrogens (primary N) is 1. The molecule has 2 aromatic heterocycles. The number of hydrogen-bond donors (Lipinski definition) is 2. The van der Waals surface area contributed by atoms with E-state index in [0.717, 1.165) is 16.5 Å². The zero-order valence-electron chi connectivity index (χ0n) is 10.6. The highest BCUT2D eigenvalue weighted by molar-refractivity contribution is 5.84. The smallest absolute Gasteiger partial charge is 0.251 e. The first-order valence-corrected chi connectivity index (χ1v) is 6.04. The molecule has 1 aromatic carbocycles. The summed E-state index contributed by atoms with van der Waals surface area (Å²) >= 11 is 0. The van der Waals surface area contributed by atoms with Crippen molar-refractivity contribution < 1.29 is 4.79 Å². The summed E-state index contributed by atoms with van der Waals surface area (Å²) in [5.41, 5.74) is 8.88. The first-order chi connectivity index (χ1) is 9.13. The van der Waals surface area contributed by atoms with Gasteiger partial charge in [0.25, 0.3) is 5.91 Å². The number of carbonyl (C=O) groups is 1. The van der Waals surface area contributed by atoms with Crippen LogP contribution in [-0.2, 0) is 6.42 Å². The van der Waals surface area contributed by atoms with E-state index >= 15 is 0 Å².